The summed E-state index contributed by atoms with van der Waals surface area (Å²) in [6, 6.07) is 5.62. The Morgan fingerprint density at radius 3 is 2.88 bits per heavy atom. The molecule has 0 aliphatic carbocycles. The van der Waals surface area contributed by atoms with E-state index in [1.165, 1.54) is 0 Å². The molecule has 2 aliphatic rings. The lowest BCUT2D eigenvalue weighted by molar-refractivity contribution is -0.147. The number of likely N-dealkylation sites (tertiary alicyclic amines) is 1. The molecular weight excluding hydrogens is 326 g/mol. The van der Waals surface area contributed by atoms with Crippen molar-refractivity contribution in [3.8, 4) is 11.5 Å². The van der Waals surface area contributed by atoms with Crippen LogP contribution in [0, 0.1) is 6.92 Å². The molecule has 1 amide bonds. The maximum absolute atomic E-state index is 12.6. The van der Waals surface area contributed by atoms with E-state index < -0.39 is 0 Å². The summed E-state index contributed by atoms with van der Waals surface area (Å²) in [5.74, 6) is 2.22. The predicted octanol–water partition coefficient (Wildman–Crippen LogP) is 1.64. The number of aryl methyl sites for hydroxylation is 1. The summed E-state index contributed by atoms with van der Waals surface area (Å²) in [6.45, 7) is 5.27. The third-order valence-electron chi connectivity index (χ3n) is 4.44. The molecule has 4 rings (SSSR count). The summed E-state index contributed by atoms with van der Waals surface area (Å²) in [6.07, 6.45) is 0.000102. The fourth-order valence-corrected chi connectivity index (χ4v) is 2.91. The van der Waals surface area contributed by atoms with E-state index >= 15 is 0 Å². The summed E-state index contributed by atoms with van der Waals surface area (Å²) in [7, 11) is 0. The maximum Gasteiger partial charge on any atom is 0.242 e. The van der Waals surface area contributed by atoms with E-state index in [2.05, 4.69) is 10.2 Å². The highest BCUT2D eigenvalue weighted by atomic mass is 16.7. The van der Waals surface area contributed by atoms with E-state index in [9.17, 15) is 4.79 Å². The van der Waals surface area contributed by atoms with Crippen molar-refractivity contribution in [1.29, 1.82) is 0 Å². The molecule has 0 bridgehead atoms. The summed E-state index contributed by atoms with van der Waals surface area (Å²) < 4.78 is 21.6. The van der Waals surface area contributed by atoms with Gasteiger partial charge in [-0.15, -0.1) is 10.2 Å². The zero-order valence-electron chi connectivity index (χ0n) is 14.1. The van der Waals surface area contributed by atoms with E-state index in [1.54, 1.807) is 11.8 Å². The number of amides is 1. The Balaban J connectivity index is 1.29. The highest BCUT2D eigenvalue weighted by molar-refractivity contribution is 5.84. The number of hydrogen-bond donors (Lipinski definition) is 0. The summed E-state index contributed by atoms with van der Waals surface area (Å²) in [5, 5.41) is 7.64. The van der Waals surface area contributed by atoms with Gasteiger partial charge in [-0.05, 0) is 24.6 Å². The first kappa shape index (κ1) is 15.9. The van der Waals surface area contributed by atoms with Crippen LogP contribution in [-0.4, -0.2) is 47.0 Å². The molecule has 1 saturated heterocycles. The number of fused-ring (bicyclic) bond motifs is 1. The number of carbonyl (C=O) groups excluding carboxylic acids is 1. The second-order valence-corrected chi connectivity index (χ2v) is 6.23. The Labute approximate surface area is 144 Å². The van der Waals surface area contributed by atoms with E-state index in [0.29, 0.717) is 30.6 Å². The van der Waals surface area contributed by atoms with Gasteiger partial charge in [0.1, 0.15) is 6.61 Å². The monoisotopic (exact) mass is 345 g/mol. The third kappa shape index (κ3) is 3.17. The topological polar surface area (TPSA) is 86.9 Å². The van der Waals surface area contributed by atoms with E-state index in [-0.39, 0.29) is 31.3 Å². The first-order chi connectivity index (χ1) is 12.1. The molecule has 8 heteroatoms. The van der Waals surface area contributed by atoms with Crippen molar-refractivity contribution in [2.45, 2.75) is 32.5 Å². The first-order valence-electron chi connectivity index (χ1n) is 8.19. The molecule has 3 heterocycles. The van der Waals surface area contributed by atoms with Gasteiger partial charge in [0.05, 0.1) is 12.0 Å². The van der Waals surface area contributed by atoms with Crippen molar-refractivity contribution >= 4 is 5.91 Å². The van der Waals surface area contributed by atoms with Gasteiger partial charge in [0, 0.05) is 20.0 Å². The largest absolute Gasteiger partial charge is 0.454 e. The van der Waals surface area contributed by atoms with E-state index in [0.717, 1.165) is 11.3 Å². The minimum absolute atomic E-state index is 0.000102. The number of carbonyl (C=O) groups is 1. The molecule has 25 heavy (non-hydrogen) atoms. The SMILES string of the molecule is Cc1nnc(COC2CN(C(=O)C(C)c3ccc4c(c3)OCO4)C2)o1. The van der Waals surface area contributed by atoms with Gasteiger partial charge in [-0.25, -0.2) is 0 Å². The van der Waals surface area contributed by atoms with Crippen LogP contribution in [0.1, 0.15) is 30.2 Å². The lowest BCUT2D eigenvalue weighted by atomic mass is 9.97. The molecule has 0 radical (unpaired) electrons. The zero-order valence-corrected chi connectivity index (χ0v) is 14.1. The van der Waals surface area contributed by atoms with Crippen LogP contribution < -0.4 is 9.47 Å². The predicted molar refractivity (Wildman–Crippen MR) is 85.2 cm³/mol. The van der Waals surface area contributed by atoms with Gasteiger partial charge in [0.25, 0.3) is 0 Å². The molecule has 1 aromatic carbocycles. The van der Waals surface area contributed by atoms with Crippen molar-refractivity contribution in [2.75, 3.05) is 19.9 Å². The number of ether oxygens (including phenoxy) is 3. The number of rotatable bonds is 5. The number of hydrogen-bond acceptors (Lipinski definition) is 7. The van der Waals surface area contributed by atoms with Gasteiger partial charge in [-0.2, -0.15) is 0 Å². The highest BCUT2D eigenvalue weighted by Gasteiger charge is 2.34. The fourth-order valence-electron chi connectivity index (χ4n) is 2.91. The van der Waals surface area contributed by atoms with Crippen molar-refractivity contribution in [1.82, 2.24) is 15.1 Å². The fraction of sp³-hybridized carbons (Fsp3) is 0.471. The molecule has 1 unspecified atom stereocenters. The van der Waals surface area contributed by atoms with Crippen molar-refractivity contribution in [3.63, 3.8) is 0 Å². The van der Waals surface area contributed by atoms with Crippen LogP contribution in [0.5, 0.6) is 11.5 Å². The molecule has 1 atom stereocenters. The molecule has 0 N–H and O–H groups in total. The van der Waals surface area contributed by atoms with Gasteiger partial charge in [0.15, 0.2) is 11.5 Å². The number of aromatic nitrogens is 2. The normalized spacial score (nSPS) is 17.4. The Hall–Kier alpha value is -2.61. The van der Waals surface area contributed by atoms with Crippen LogP contribution in [0.3, 0.4) is 0 Å². The highest BCUT2D eigenvalue weighted by Crippen LogP contribution is 2.35. The van der Waals surface area contributed by atoms with Crippen molar-refractivity contribution in [2.24, 2.45) is 0 Å². The van der Waals surface area contributed by atoms with Crippen LogP contribution in [-0.2, 0) is 16.1 Å². The first-order valence-corrected chi connectivity index (χ1v) is 8.19. The average Bonchev–Trinajstić information content (AvgIpc) is 3.20. The Kier molecular flexibility index (Phi) is 4.04. The van der Waals surface area contributed by atoms with E-state index in [1.807, 2.05) is 25.1 Å². The molecule has 2 aliphatic heterocycles. The van der Waals surface area contributed by atoms with E-state index in [4.69, 9.17) is 18.6 Å². The molecule has 1 aromatic heterocycles. The molecule has 132 valence electrons. The molecule has 0 saturated carbocycles. The van der Waals surface area contributed by atoms with Gasteiger partial charge in [-0.1, -0.05) is 6.07 Å². The van der Waals surface area contributed by atoms with Gasteiger partial charge >= 0.3 is 0 Å². The van der Waals surface area contributed by atoms with Gasteiger partial charge in [-0.3, -0.25) is 4.79 Å². The molecule has 2 aromatic rings. The molecule has 0 spiro atoms. The average molecular weight is 345 g/mol. The number of benzene rings is 1. The van der Waals surface area contributed by atoms with Gasteiger partial charge < -0.3 is 23.5 Å². The van der Waals surface area contributed by atoms with Crippen LogP contribution >= 0.6 is 0 Å². The second kappa shape index (κ2) is 6.36. The molecular formula is C17H19N3O5. The molecule has 8 nitrogen and oxygen atoms in total. The lowest BCUT2D eigenvalue weighted by Gasteiger charge is -2.40. The van der Waals surface area contributed by atoms with Crippen LogP contribution in [0.25, 0.3) is 0 Å². The van der Waals surface area contributed by atoms with Crippen molar-refractivity contribution in [3.05, 3.63) is 35.5 Å². The Morgan fingerprint density at radius 2 is 2.12 bits per heavy atom. The molecule has 1 fully saturated rings. The summed E-state index contributed by atoms with van der Waals surface area (Å²) in [5.41, 5.74) is 0.917. The summed E-state index contributed by atoms with van der Waals surface area (Å²) >= 11 is 0. The lowest BCUT2D eigenvalue weighted by Crippen LogP contribution is -2.55. The van der Waals surface area contributed by atoms with Crippen LogP contribution in [0.15, 0.2) is 22.6 Å². The van der Waals surface area contributed by atoms with Gasteiger partial charge in [0.2, 0.25) is 24.5 Å². The minimum atomic E-state index is -0.242. The Morgan fingerprint density at radius 1 is 1.32 bits per heavy atom. The smallest absolute Gasteiger partial charge is 0.242 e. The Bertz CT molecular complexity index is 784. The minimum Gasteiger partial charge on any atom is -0.454 e. The zero-order chi connectivity index (χ0) is 17.4. The second-order valence-electron chi connectivity index (χ2n) is 6.23. The number of nitrogens with zero attached hydrogens (tertiary/aromatic N) is 3. The van der Waals surface area contributed by atoms with Crippen LogP contribution in [0.2, 0.25) is 0 Å². The maximum atomic E-state index is 12.6. The van der Waals surface area contributed by atoms with Crippen molar-refractivity contribution < 1.29 is 23.4 Å². The van der Waals surface area contributed by atoms with Crippen LogP contribution in [0.4, 0.5) is 0 Å². The quantitative estimate of drug-likeness (QED) is 0.814. The standard InChI is InChI=1S/C17H19N3O5/c1-10(12-3-4-14-15(5-12)24-9-23-14)17(21)20-6-13(7-20)22-8-16-19-18-11(2)25-16/h3-5,10,13H,6-9H2,1-2H3. The summed E-state index contributed by atoms with van der Waals surface area (Å²) in [4.78, 5) is 14.4. The third-order valence-corrected chi connectivity index (χ3v) is 4.44.